The summed E-state index contributed by atoms with van der Waals surface area (Å²) in [4.78, 5) is 36.1. The highest BCUT2D eigenvalue weighted by atomic mass is 16.2. The second-order valence-electron chi connectivity index (χ2n) is 5.12. The first-order valence-electron chi connectivity index (χ1n) is 6.06. The third kappa shape index (κ3) is 1.39. The van der Waals surface area contributed by atoms with Crippen LogP contribution in [0.15, 0.2) is 0 Å². The molecule has 1 saturated heterocycles. The summed E-state index contributed by atoms with van der Waals surface area (Å²) in [5.74, 6) is 0.390. The average Bonchev–Trinajstić information content (AvgIpc) is 2.91. The molecule has 0 spiro atoms. The fourth-order valence-electron chi connectivity index (χ4n) is 2.95. The largest absolute Gasteiger partial charge is 0.299 e. The lowest BCUT2D eigenvalue weighted by Crippen LogP contribution is -2.35. The van der Waals surface area contributed by atoms with Gasteiger partial charge in [-0.1, -0.05) is 0 Å². The van der Waals surface area contributed by atoms with E-state index in [9.17, 15) is 14.4 Å². The number of rotatable bonds is 3. The number of nitrogens with zero attached hydrogens (tertiary/aromatic N) is 1. The van der Waals surface area contributed by atoms with Crippen molar-refractivity contribution in [2.75, 3.05) is 6.54 Å². The average molecular weight is 221 g/mol. The van der Waals surface area contributed by atoms with Crippen molar-refractivity contribution in [1.82, 2.24) is 4.90 Å². The number of hydrogen-bond donors (Lipinski definition) is 0. The summed E-state index contributed by atoms with van der Waals surface area (Å²) in [5, 5.41) is 0. The molecule has 3 aliphatic rings. The predicted molar refractivity (Wildman–Crippen MR) is 55.3 cm³/mol. The molecular formula is C12H15NO3. The number of carbonyl (C=O) groups is 3. The zero-order valence-corrected chi connectivity index (χ0v) is 9.15. The van der Waals surface area contributed by atoms with Crippen LogP contribution in [0.3, 0.4) is 0 Å². The molecule has 16 heavy (non-hydrogen) atoms. The summed E-state index contributed by atoms with van der Waals surface area (Å²) in [5.41, 5.74) is 0. The van der Waals surface area contributed by atoms with Gasteiger partial charge in [-0.15, -0.1) is 0 Å². The van der Waals surface area contributed by atoms with E-state index in [-0.39, 0.29) is 29.6 Å². The monoisotopic (exact) mass is 221 g/mol. The molecule has 3 rings (SSSR count). The molecule has 0 aromatic rings. The van der Waals surface area contributed by atoms with Crippen LogP contribution in [0.1, 0.15) is 32.1 Å². The molecule has 0 N–H and O–H groups in total. The zero-order chi connectivity index (χ0) is 11.3. The number of fused-ring (bicyclic) bond motifs is 1. The molecule has 2 saturated carbocycles. The van der Waals surface area contributed by atoms with Crippen LogP contribution in [0.2, 0.25) is 0 Å². The molecular weight excluding hydrogens is 206 g/mol. The molecule has 3 atom stereocenters. The summed E-state index contributed by atoms with van der Waals surface area (Å²) in [6.45, 7) is 0.459. The van der Waals surface area contributed by atoms with Gasteiger partial charge >= 0.3 is 0 Å². The molecule has 0 aromatic carbocycles. The number of imide groups is 1. The Kier molecular flexibility index (Phi) is 2.13. The Balaban J connectivity index is 1.57. The predicted octanol–water partition coefficient (Wildman–Crippen LogP) is 0.751. The number of Topliss-reactive ketones (excluding diaryl/α,β-unsaturated/α-hetero) is 1. The summed E-state index contributed by atoms with van der Waals surface area (Å²) in [6.07, 6.45) is 4.02. The third-order valence-electron chi connectivity index (χ3n) is 4.09. The van der Waals surface area contributed by atoms with E-state index in [0.717, 1.165) is 19.3 Å². The Morgan fingerprint density at radius 3 is 2.38 bits per heavy atom. The lowest BCUT2D eigenvalue weighted by Gasteiger charge is -2.17. The second-order valence-corrected chi connectivity index (χ2v) is 5.12. The molecule has 0 bridgehead atoms. The first-order valence-corrected chi connectivity index (χ1v) is 6.06. The number of carbonyl (C=O) groups excluding carboxylic acids is 3. The van der Waals surface area contributed by atoms with Crippen molar-refractivity contribution in [3.8, 4) is 0 Å². The molecule has 2 amide bonds. The van der Waals surface area contributed by atoms with E-state index >= 15 is 0 Å². The SMILES string of the molecule is O=C1CCCC1CCN1C(=O)C2CC2C1=O. The van der Waals surface area contributed by atoms with Crippen LogP contribution < -0.4 is 0 Å². The Morgan fingerprint density at radius 2 is 1.81 bits per heavy atom. The van der Waals surface area contributed by atoms with Crippen LogP contribution in [0, 0.1) is 17.8 Å². The summed E-state index contributed by atoms with van der Waals surface area (Å²) in [6, 6.07) is 0. The molecule has 4 heteroatoms. The number of likely N-dealkylation sites (tertiary alicyclic amines) is 1. The second kappa shape index (κ2) is 3.40. The maximum absolute atomic E-state index is 11.7. The highest BCUT2D eigenvalue weighted by molar-refractivity contribution is 6.08. The van der Waals surface area contributed by atoms with Crippen LogP contribution in [0.25, 0.3) is 0 Å². The van der Waals surface area contributed by atoms with Crippen molar-refractivity contribution in [1.29, 1.82) is 0 Å². The number of piperidine rings is 1. The van der Waals surface area contributed by atoms with Crippen molar-refractivity contribution in [2.24, 2.45) is 17.8 Å². The van der Waals surface area contributed by atoms with Crippen LogP contribution in [0.4, 0.5) is 0 Å². The summed E-state index contributed by atoms with van der Waals surface area (Å²) in [7, 11) is 0. The maximum Gasteiger partial charge on any atom is 0.233 e. The van der Waals surface area contributed by atoms with Gasteiger partial charge in [-0.3, -0.25) is 19.3 Å². The molecule has 3 fully saturated rings. The van der Waals surface area contributed by atoms with Gasteiger partial charge in [0.15, 0.2) is 0 Å². The Bertz CT molecular complexity index is 356. The Hall–Kier alpha value is -1.19. The highest BCUT2D eigenvalue weighted by Gasteiger charge is 2.58. The minimum atomic E-state index is -0.00761. The number of amides is 2. The van der Waals surface area contributed by atoms with Gasteiger partial charge in [0, 0.05) is 18.9 Å². The highest BCUT2D eigenvalue weighted by Crippen LogP contribution is 2.47. The molecule has 1 aliphatic heterocycles. The van der Waals surface area contributed by atoms with Gasteiger partial charge in [0.2, 0.25) is 11.8 Å². The van der Waals surface area contributed by atoms with Gasteiger partial charge in [0.1, 0.15) is 5.78 Å². The Morgan fingerprint density at radius 1 is 1.12 bits per heavy atom. The van der Waals surface area contributed by atoms with Crippen LogP contribution in [-0.4, -0.2) is 29.0 Å². The molecule has 1 heterocycles. The maximum atomic E-state index is 11.7. The third-order valence-corrected chi connectivity index (χ3v) is 4.09. The number of hydrogen-bond acceptors (Lipinski definition) is 3. The van der Waals surface area contributed by atoms with Gasteiger partial charge < -0.3 is 0 Å². The van der Waals surface area contributed by atoms with Gasteiger partial charge in [0.05, 0.1) is 11.8 Å². The van der Waals surface area contributed by atoms with Crippen molar-refractivity contribution in [3.05, 3.63) is 0 Å². The lowest BCUT2D eigenvalue weighted by molar-refractivity contribution is -0.142. The van der Waals surface area contributed by atoms with Gasteiger partial charge in [-0.05, 0) is 25.7 Å². The van der Waals surface area contributed by atoms with Gasteiger partial charge in [-0.25, -0.2) is 0 Å². The minimum Gasteiger partial charge on any atom is -0.299 e. The van der Waals surface area contributed by atoms with Crippen LogP contribution in [0.5, 0.6) is 0 Å². The molecule has 4 nitrogen and oxygen atoms in total. The standard InChI is InChI=1S/C12H15NO3/c14-10-3-1-2-7(10)4-5-13-11(15)8-6-9(8)12(13)16/h7-9H,1-6H2. The van der Waals surface area contributed by atoms with E-state index in [4.69, 9.17) is 0 Å². The van der Waals surface area contributed by atoms with Gasteiger partial charge in [-0.2, -0.15) is 0 Å². The normalized spacial score (nSPS) is 37.1. The van der Waals surface area contributed by atoms with E-state index in [2.05, 4.69) is 0 Å². The lowest BCUT2D eigenvalue weighted by atomic mass is 10.0. The molecule has 3 unspecified atom stereocenters. The Labute approximate surface area is 94.0 Å². The number of ketones is 1. The fourth-order valence-corrected chi connectivity index (χ4v) is 2.95. The molecule has 0 aromatic heterocycles. The summed E-state index contributed by atoms with van der Waals surface area (Å²) >= 11 is 0. The first-order chi connectivity index (χ1) is 7.68. The minimum absolute atomic E-state index is 0.000413. The molecule has 0 radical (unpaired) electrons. The van der Waals surface area contributed by atoms with E-state index in [0.29, 0.717) is 25.2 Å². The van der Waals surface area contributed by atoms with Crippen LogP contribution >= 0.6 is 0 Å². The molecule has 86 valence electrons. The topological polar surface area (TPSA) is 54.5 Å². The van der Waals surface area contributed by atoms with E-state index in [1.807, 2.05) is 0 Å². The van der Waals surface area contributed by atoms with E-state index in [1.165, 1.54) is 4.90 Å². The van der Waals surface area contributed by atoms with Crippen molar-refractivity contribution in [3.63, 3.8) is 0 Å². The van der Waals surface area contributed by atoms with Crippen LogP contribution in [-0.2, 0) is 14.4 Å². The first kappa shape index (κ1) is 10.00. The zero-order valence-electron chi connectivity index (χ0n) is 9.15. The van der Waals surface area contributed by atoms with Crippen molar-refractivity contribution < 1.29 is 14.4 Å². The van der Waals surface area contributed by atoms with Crippen molar-refractivity contribution >= 4 is 17.6 Å². The summed E-state index contributed by atoms with van der Waals surface area (Å²) < 4.78 is 0. The molecule has 2 aliphatic carbocycles. The van der Waals surface area contributed by atoms with Crippen molar-refractivity contribution in [2.45, 2.75) is 32.1 Å². The smallest absolute Gasteiger partial charge is 0.233 e. The quantitative estimate of drug-likeness (QED) is 0.661. The van der Waals surface area contributed by atoms with E-state index in [1.54, 1.807) is 0 Å². The fraction of sp³-hybridized carbons (Fsp3) is 0.750. The van der Waals surface area contributed by atoms with Gasteiger partial charge in [0.25, 0.3) is 0 Å². The van der Waals surface area contributed by atoms with E-state index < -0.39 is 0 Å².